The van der Waals surface area contributed by atoms with Crippen LogP contribution in [0.2, 0.25) is 0 Å². The minimum Gasteiger partial charge on any atom is -0.103 e. The maximum atomic E-state index is 3.62. The van der Waals surface area contributed by atoms with Crippen molar-refractivity contribution in [3.63, 3.8) is 0 Å². The van der Waals surface area contributed by atoms with Crippen LogP contribution >= 0.6 is 0 Å². The van der Waals surface area contributed by atoms with Gasteiger partial charge in [0.1, 0.15) is 0 Å². The molecular weight excluding hydrogens is 84.1 g/mol. The van der Waals surface area contributed by atoms with Gasteiger partial charge >= 0.3 is 0 Å². The first-order chi connectivity index (χ1) is 3.41. The Bertz CT molecular complexity index is 37.3. The highest BCUT2D eigenvalue weighted by atomic mass is 13.8. The molecule has 0 unspecified atom stereocenters. The predicted molar refractivity (Wildman–Crippen MR) is 34.0 cm³/mol. The van der Waals surface area contributed by atoms with Crippen LogP contribution in [0.5, 0.6) is 0 Å². The second-order valence-electron chi connectivity index (χ2n) is 1.63. The van der Waals surface area contributed by atoms with Crippen LogP contribution in [0.1, 0.15) is 26.2 Å². The summed E-state index contributed by atoms with van der Waals surface area (Å²) in [5.74, 6) is 0. The van der Waals surface area contributed by atoms with Gasteiger partial charge < -0.3 is 0 Å². The SMILES string of the molecule is C=CCCC[CH+]C. The Balaban J connectivity index is 2.56. The van der Waals surface area contributed by atoms with Gasteiger partial charge in [0, 0.05) is 0 Å². The van der Waals surface area contributed by atoms with Crippen LogP contribution in [-0.4, -0.2) is 0 Å². The molecule has 0 aromatic heterocycles. The third kappa shape index (κ3) is 5.61. The maximum absolute atomic E-state index is 3.62. The molecule has 0 spiro atoms. The van der Waals surface area contributed by atoms with Gasteiger partial charge in [-0.05, 0) is 12.8 Å². The third-order valence-electron chi connectivity index (χ3n) is 0.901. The second-order valence-corrected chi connectivity index (χ2v) is 1.63. The summed E-state index contributed by atoms with van der Waals surface area (Å²) in [7, 11) is 0. The van der Waals surface area contributed by atoms with E-state index in [9.17, 15) is 0 Å². The molecular formula is C7H13+. The van der Waals surface area contributed by atoms with Crippen molar-refractivity contribution in [1.82, 2.24) is 0 Å². The van der Waals surface area contributed by atoms with E-state index in [1.165, 1.54) is 12.8 Å². The van der Waals surface area contributed by atoms with Crippen molar-refractivity contribution in [2.75, 3.05) is 0 Å². The summed E-state index contributed by atoms with van der Waals surface area (Å²) >= 11 is 0. The number of unbranched alkanes of at least 4 members (excludes halogenated alkanes) is 3. The van der Waals surface area contributed by atoms with Gasteiger partial charge in [-0.3, -0.25) is 0 Å². The molecule has 0 N–H and O–H groups in total. The molecule has 0 fully saturated rings. The first-order valence-corrected chi connectivity index (χ1v) is 2.80. The summed E-state index contributed by atoms with van der Waals surface area (Å²) in [4.78, 5) is 0. The Morgan fingerprint density at radius 3 is 2.86 bits per heavy atom. The lowest BCUT2D eigenvalue weighted by Gasteiger charge is -1.81. The minimum absolute atomic E-state index is 1.16. The van der Waals surface area contributed by atoms with Gasteiger partial charge in [-0.1, -0.05) is 6.08 Å². The molecule has 0 bridgehead atoms. The van der Waals surface area contributed by atoms with Crippen molar-refractivity contribution >= 4 is 0 Å². The quantitative estimate of drug-likeness (QED) is 0.287. The van der Waals surface area contributed by atoms with E-state index < -0.39 is 0 Å². The van der Waals surface area contributed by atoms with Gasteiger partial charge in [-0.2, -0.15) is 0 Å². The van der Waals surface area contributed by atoms with Crippen LogP contribution in [0, 0.1) is 6.42 Å². The molecule has 0 saturated carbocycles. The van der Waals surface area contributed by atoms with Crippen LogP contribution in [0.15, 0.2) is 12.7 Å². The zero-order valence-corrected chi connectivity index (χ0v) is 4.98. The average Bonchev–Trinajstić information content (AvgIpc) is 1.69. The van der Waals surface area contributed by atoms with E-state index in [0.29, 0.717) is 0 Å². The lowest BCUT2D eigenvalue weighted by Crippen LogP contribution is -1.68. The summed E-state index contributed by atoms with van der Waals surface area (Å²) in [6.45, 7) is 5.70. The number of hydrogen-bond donors (Lipinski definition) is 0. The van der Waals surface area contributed by atoms with Crippen molar-refractivity contribution in [1.29, 1.82) is 0 Å². The molecule has 0 aromatic rings. The molecule has 7 heavy (non-hydrogen) atoms. The Kier molecular flexibility index (Phi) is 5.30. The number of rotatable bonds is 4. The highest BCUT2D eigenvalue weighted by Crippen LogP contribution is 1.96. The largest absolute Gasteiger partial charge is 0.103 e. The standard InChI is InChI=1S/C7H13/c1-3-5-7-6-4-2/h3-4H,1,5-7H2,2H3/q+1. The minimum atomic E-state index is 1.16. The van der Waals surface area contributed by atoms with Crippen LogP contribution < -0.4 is 0 Å². The van der Waals surface area contributed by atoms with E-state index in [0.717, 1.165) is 6.42 Å². The Hall–Kier alpha value is -0.390. The highest BCUT2D eigenvalue weighted by Gasteiger charge is 1.85. The van der Waals surface area contributed by atoms with Gasteiger partial charge in [0.05, 0.1) is 19.8 Å². The first kappa shape index (κ1) is 6.61. The van der Waals surface area contributed by atoms with Gasteiger partial charge in [-0.15, -0.1) is 6.58 Å². The molecule has 0 radical (unpaired) electrons. The van der Waals surface area contributed by atoms with Crippen molar-refractivity contribution in [3.05, 3.63) is 19.1 Å². The molecule has 0 aliphatic heterocycles. The van der Waals surface area contributed by atoms with E-state index in [-0.39, 0.29) is 0 Å². The predicted octanol–water partition coefficient (Wildman–Crippen LogP) is 2.57. The second kappa shape index (κ2) is 5.61. The highest BCUT2D eigenvalue weighted by molar-refractivity contribution is 4.67. The number of hydrogen-bond acceptors (Lipinski definition) is 0. The van der Waals surface area contributed by atoms with E-state index in [1.807, 2.05) is 6.08 Å². The zero-order valence-electron chi connectivity index (χ0n) is 4.98. The van der Waals surface area contributed by atoms with Gasteiger partial charge in [0.15, 0.2) is 0 Å². The summed E-state index contributed by atoms with van der Waals surface area (Å²) < 4.78 is 0. The molecule has 0 heterocycles. The molecule has 40 valence electrons. The summed E-state index contributed by atoms with van der Waals surface area (Å²) in [6.07, 6.45) is 7.79. The molecule has 0 aromatic carbocycles. The van der Waals surface area contributed by atoms with Gasteiger partial charge in [-0.25, -0.2) is 0 Å². The Morgan fingerprint density at radius 2 is 2.43 bits per heavy atom. The molecule has 0 rings (SSSR count). The lowest BCUT2D eigenvalue weighted by molar-refractivity contribution is 0.829. The number of allylic oxidation sites excluding steroid dienone is 1. The van der Waals surface area contributed by atoms with Crippen molar-refractivity contribution in [3.8, 4) is 0 Å². The Labute approximate surface area is 46.2 Å². The zero-order chi connectivity index (χ0) is 5.54. The monoisotopic (exact) mass is 97.1 g/mol. The van der Waals surface area contributed by atoms with E-state index in [1.54, 1.807) is 0 Å². The van der Waals surface area contributed by atoms with E-state index in [4.69, 9.17) is 0 Å². The molecule has 0 saturated heterocycles. The molecule has 0 nitrogen and oxygen atoms in total. The smallest absolute Gasteiger partial charge is 0.0875 e. The van der Waals surface area contributed by atoms with Crippen LogP contribution in [-0.2, 0) is 0 Å². The molecule has 0 amide bonds. The summed E-state index contributed by atoms with van der Waals surface area (Å²) in [5.41, 5.74) is 0. The van der Waals surface area contributed by atoms with Gasteiger partial charge in [0.2, 0.25) is 0 Å². The molecule has 0 aliphatic carbocycles. The summed E-state index contributed by atoms with van der Waals surface area (Å²) in [6, 6.07) is 0. The molecule has 0 aliphatic rings. The Morgan fingerprint density at radius 1 is 1.71 bits per heavy atom. The van der Waals surface area contributed by atoms with Crippen molar-refractivity contribution in [2.24, 2.45) is 0 Å². The van der Waals surface area contributed by atoms with Crippen LogP contribution in [0.4, 0.5) is 0 Å². The summed E-state index contributed by atoms with van der Waals surface area (Å²) in [5, 5.41) is 0. The molecule has 0 heteroatoms. The lowest BCUT2D eigenvalue weighted by atomic mass is 10.2. The fraction of sp³-hybridized carbons (Fsp3) is 0.571. The van der Waals surface area contributed by atoms with Crippen LogP contribution in [0.25, 0.3) is 0 Å². The van der Waals surface area contributed by atoms with E-state index in [2.05, 4.69) is 19.9 Å². The maximum Gasteiger partial charge on any atom is 0.0875 e. The van der Waals surface area contributed by atoms with Gasteiger partial charge in [0.25, 0.3) is 0 Å². The first-order valence-electron chi connectivity index (χ1n) is 2.80. The fourth-order valence-electron chi connectivity index (χ4n) is 0.466. The normalized spacial score (nSPS) is 8.14. The third-order valence-corrected chi connectivity index (χ3v) is 0.901. The average molecular weight is 97.2 g/mol. The van der Waals surface area contributed by atoms with Crippen molar-refractivity contribution < 1.29 is 0 Å². The van der Waals surface area contributed by atoms with Crippen LogP contribution in [0.3, 0.4) is 0 Å². The molecule has 0 atom stereocenters. The van der Waals surface area contributed by atoms with Crippen molar-refractivity contribution in [2.45, 2.75) is 26.2 Å². The topological polar surface area (TPSA) is 0 Å². The van der Waals surface area contributed by atoms with E-state index >= 15 is 0 Å². The fourth-order valence-corrected chi connectivity index (χ4v) is 0.466.